The van der Waals surface area contributed by atoms with Gasteiger partial charge in [0.25, 0.3) is 5.56 Å². The van der Waals surface area contributed by atoms with Gasteiger partial charge >= 0.3 is 0 Å². The highest BCUT2D eigenvalue weighted by Crippen LogP contribution is 2.14. The van der Waals surface area contributed by atoms with E-state index in [1.54, 1.807) is 12.1 Å². The van der Waals surface area contributed by atoms with E-state index < -0.39 is 0 Å². The van der Waals surface area contributed by atoms with E-state index >= 15 is 0 Å². The number of piperazine rings is 1. The molecule has 1 saturated heterocycles. The first kappa shape index (κ1) is 17.6. The lowest BCUT2D eigenvalue weighted by Gasteiger charge is -2.35. The zero-order chi connectivity index (χ0) is 17.8. The number of carbonyl (C=O) groups is 1. The zero-order valence-corrected chi connectivity index (χ0v) is 14.4. The number of H-pyrrole nitrogens is 1. The molecule has 0 aliphatic carbocycles. The van der Waals surface area contributed by atoms with Crippen LogP contribution in [0.1, 0.15) is 19.0 Å². The first-order valence-corrected chi connectivity index (χ1v) is 8.73. The number of β-amino-alcohol motifs (C(OH)–C–C–N with tert-alkyl or cyclic N) is 1. The fraction of sp³-hybridized carbons (Fsp3) is 0.500. The summed E-state index contributed by atoms with van der Waals surface area (Å²) in [5, 5.41) is 17.6. The molecule has 2 N–H and O–H groups in total. The van der Waals surface area contributed by atoms with Crippen molar-refractivity contribution in [3.63, 3.8) is 0 Å². The summed E-state index contributed by atoms with van der Waals surface area (Å²) in [4.78, 5) is 28.5. The van der Waals surface area contributed by atoms with E-state index in [9.17, 15) is 14.7 Å². The van der Waals surface area contributed by atoms with Crippen molar-refractivity contribution in [1.29, 1.82) is 0 Å². The lowest BCUT2D eigenvalue weighted by Crippen LogP contribution is -2.50. The van der Waals surface area contributed by atoms with E-state index in [0.717, 1.165) is 24.9 Å². The summed E-state index contributed by atoms with van der Waals surface area (Å²) in [5.74, 6) is 0.0143. The molecule has 1 atom stereocenters. The molecule has 1 aromatic carbocycles. The Hall–Kier alpha value is -2.25. The molecule has 0 radical (unpaired) electrons. The summed E-state index contributed by atoms with van der Waals surface area (Å²) in [6.07, 6.45) is 0.609. The molecule has 1 aliphatic heterocycles. The number of rotatable bonds is 5. The standard InChI is InChI=1S/C18H24N4O3/c1-2-13(23)12-21-7-9-22(10-8-21)17(24)11-16-14-5-3-4-6-15(14)18(25)20-19-16/h3-6,13,23H,2,7-12H2,1H3,(H,20,25)/t13-/m0/s1. The highest BCUT2D eigenvalue weighted by molar-refractivity contribution is 5.88. The van der Waals surface area contributed by atoms with Gasteiger partial charge in [-0.05, 0) is 12.5 Å². The minimum atomic E-state index is -0.307. The van der Waals surface area contributed by atoms with Crippen molar-refractivity contribution in [1.82, 2.24) is 20.0 Å². The van der Waals surface area contributed by atoms with Gasteiger partial charge in [0, 0.05) is 38.1 Å². The maximum absolute atomic E-state index is 12.6. The Bertz CT molecular complexity index is 796. The van der Waals surface area contributed by atoms with E-state index in [-0.39, 0.29) is 24.0 Å². The van der Waals surface area contributed by atoms with Gasteiger partial charge in [0.15, 0.2) is 0 Å². The number of hydrogen-bond acceptors (Lipinski definition) is 5. The van der Waals surface area contributed by atoms with Gasteiger partial charge in [-0.2, -0.15) is 5.10 Å². The van der Waals surface area contributed by atoms with Crippen molar-refractivity contribution in [2.45, 2.75) is 25.9 Å². The first-order valence-electron chi connectivity index (χ1n) is 8.73. The largest absolute Gasteiger partial charge is 0.392 e. The molecule has 0 unspecified atom stereocenters. The maximum Gasteiger partial charge on any atom is 0.272 e. The summed E-state index contributed by atoms with van der Waals surface area (Å²) in [5.41, 5.74) is 0.360. The van der Waals surface area contributed by atoms with Crippen molar-refractivity contribution in [3.8, 4) is 0 Å². The van der Waals surface area contributed by atoms with Crippen LogP contribution in [0, 0.1) is 0 Å². The average molecular weight is 344 g/mol. The topological polar surface area (TPSA) is 89.5 Å². The Morgan fingerprint density at radius 3 is 2.60 bits per heavy atom. The summed E-state index contributed by atoms with van der Waals surface area (Å²) < 4.78 is 0. The van der Waals surface area contributed by atoms with Crippen LogP contribution in [0.5, 0.6) is 0 Å². The third kappa shape index (κ3) is 4.05. The lowest BCUT2D eigenvalue weighted by atomic mass is 10.1. The van der Waals surface area contributed by atoms with E-state index in [1.807, 2.05) is 24.0 Å². The predicted molar refractivity (Wildman–Crippen MR) is 95.4 cm³/mol. The molecule has 0 bridgehead atoms. The van der Waals surface area contributed by atoms with E-state index in [0.29, 0.717) is 30.7 Å². The molecule has 1 fully saturated rings. The number of aliphatic hydroxyl groups excluding tert-OH is 1. The van der Waals surface area contributed by atoms with Crippen LogP contribution >= 0.6 is 0 Å². The second-order valence-electron chi connectivity index (χ2n) is 6.47. The number of fused-ring (bicyclic) bond motifs is 1. The number of aromatic amines is 1. The molecule has 2 heterocycles. The minimum Gasteiger partial charge on any atom is -0.392 e. The number of benzene rings is 1. The van der Waals surface area contributed by atoms with Crippen molar-refractivity contribution in [2.24, 2.45) is 0 Å². The molecular weight excluding hydrogens is 320 g/mol. The summed E-state index contributed by atoms with van der Waals surface area (Å²) in [6, 6.07) is 7.20. The zero-order valence-electron chi connectivity index (χ0n) is 14.4. The minimum absolute atomic E-state index is 0.0143. The Kier molecular flexibility index (Phi) is 5.45. The Morgan fingerprint density at radius 1 is 1.24 bits per heavy atom. The van der Waals surface area contributed by atoms with Crippen molar-refractivity contribution in [3.05, 3.63) is 40.3 Å². The number of aromatic nitrogens is 2. The average Bonchev–Trinajstić information content (AvgIpc) is 2.64. The first-order chi connectivity index (χ1) is 12.1. The van der Waals surface area contributed by atoms with Crippen LogP contribution in [0.25, 0.3) is 10.8 Å². The van der Waals surface area contributed by atoms with Gasteiger partial charge in [-0.25, -0.2) is 5.10 Å². The number of aliphatic hydroxyl groups is 1. The molecule has 1 amide bonds. The lowest BCUT2D eigenvalue weighted by molar-refractivity contribution is -0.132. The number of nitrogens with one attached hydrogen (secondary N) is 1. The SMILES string of the molecule is CC[C@H](O)CN1CCN(C(=O)Cc2n[nH]c(=O)c3ccccc23)CC1. The van der Waals surface area contributed by atoms with Crippen molar-refractivity contribution in [2.75, 3.05) is 32.7 Å². The van der Waals surface area contributed by atoms with Crippen LogP contribution in [0.3, 0.4) is 0 Å². The van der Waals surface area contributed by atoms with Crippen molar-refractivity contribution >= 4 is 16.7 Å². The van der Waals surface area contributed by atoms with Gasteiger partial charge in [-0.15, -0.1) is 0 Å². The number of nitrogens with zero attached hydrogens (tertiary/aromatic N) is 3. The Morgan fingerprint density at radius 2 is 1.92 bits per heavy atom. The Balaban J connectivity index is 1.64. The second-order valence-corrected chi connectivity index (χ2v) is 6.47. The molecule has 2 aromatic rings. The van der Waals surface area contributed by atoms with Gasteiger partial charge in [0.1, 0.15) is 0 Å². The molecular formula is C18H24N4O3. The van der Waals surface area contributed by atoms with E-state index in [1.165, 1.54) is 0 Å². The molecule has 7 heteroatoms. The Labute approximate surface area is 146 Å². The fourth-order valence-corrected chi connectivity index (χ4v) is 3.17. The number of hydrogen-bond donors (Lipinski definition) is 2. The fourth-order valence-electron chi connectivity index (χ4n) is 3.17. The molecule has 0 spiro atoms. The molecule has 1 aliphatic rings. The number of carbonyl (C=O) groups excluding carboxylic acids is 1. The highest BCUT2D eigenvalue weighted by atomic mass is 16.3. The van der Waals surface area contributed by atoms with Crippen LogP contribution in [-0.2, 0) is 11.2 Å². The molecule has 3 rings (SSSR count). The quantitative estimate of drug-likeness (QED) is 0.819. The van der Waals surface area contributed by atoms with E-state index in [2.05, 4.69) is 15.1 Å². The molecule has 1 aromatic heterocycles. The molecule has 0 saturated carbocycles. The number of amides is 1. The predicted octanol–water partition coefficient (Wildman–Crippen LogP) is 0.381. The van der Waals surface area contributed by atoms with Gasteiger partial charge in [-0.3, -0.25) is 14.5 Å². The van der Waals surface area contributed by atoms with E-state index in [4.69, 9.17) is 0 Å². The maximum atomic E-state index is 12.6. The third-order valence-corrected chi connectivity index (χ3v) is 4.76. The smallest absolute Gasteiger partial charge is 0.272 e. The van der Waals surface area contributed by atoms with Gasteiger partial charge < -0.3 is 10.0 Å². The van der Waals surface area contributed by atoms with Gasteiger partial charge in [-0.1, -0.05) is 25.1 Å². The molecule has 134 valence electrons. The van der Waals surface area contributed by atoms with Crippen molar-refractivity contribution < 1.29 is 9.90 Å². The molecule has 7 nitrogen and oxygen atoms in total. The van der Waals surface area contributed by atoms with Crippen LogP contribution < -0.4 is 5.56 Å². The van der Waals surface area contributed by atoms with Gasteiger partial charge in [0.2, 0.25) is 5.91 Å². The van der Waals surface area contributed by atoms with Crippen LogP contribution in [0.15, 0.2) is 29.1 Å². The second kappa shape index (κ2) is 7.76. The third-order valence-electron chi connectivity index (χ3n) is 4.76. The summed E-state index contributed by atoms with van der Waals surface area (Å²) in [6.45, 7) is 5.45. The van der Waals surface area contributed by atoms with Gasteiger partial charge in [0.05, 0.1) is 23.6 Å². The summed E-state index contributed by atoms with van der Waals surface area (Å²) >= 11 is 0. The van der Waals surface area contributed by atoms with Crippen LogP contribution in [0.4, 0.5) is 0 Å². The summed E-state index contributed by atoms with van der Waals surface area (Å²) in [7, 11) is 0. The highest BCUT2D eigenvalue weighted by Gasteiger charge is 2.23. The normalized spacial score (nSPS) is 17.0. The van der Waals surface area contributed by atoms with Crippen LogP contribution in [0.2, 0.25) is 0 Å². The van der Waals surface area contributed by atoms with Crippen LogP contribution in [-0.4, -0.2) is 69.8 Å². The monoisotopic (exact) mass is 344 g/mol. The molecule has 25 heavy (non-hydrogen) atoms.